The Hall–Kier alpha value is -6.26. The molecule has 0 atom stereocenters. The van der Waals surface area contributed by atoms with Crippen LogP contribution < -0.4 is 0 Å². The fourth-order valence-electron chi connectivity index (χ4n) is 7.29. The molecule has 4 nitrogen and oxygen atoms in total. The van der Waals surface area contributed by atoms with Crippen LogP contribution in [0.15, 0.2) is 152 Å². The summed E-state index contributed by atoms with van der Waals surface area (Å²) in [6, 6.07) is 30.5. The predicted octanol–water partition coefficient (Wildman–Crippen LogP) is 14.4. The first kappa shape index (κ1) is 29.9. The van der Waals surface area contributed by atoms with Crippen LogP contribution in [-0.2, 0) is 16.2 Å². The zero-order chi connectivity index (χ0) is 47.9. The number of aromatic nitrogens is 3. The van der Waals surface area contributed by atoms with Crippen molar-refractivity contribution in [3.63, 3.8) is 0 Å². The van der Waals surface area contributed by atoms with Gasteiger partial charge >= 0.3 is 0 Å². The van der Waals surface area contributed by atoms with Gasteiger partial charge in [-0.25, -0.2) is 4.98 Å². The summed E-state index contributed by atoms with van der Waals surface area (Å²) in [7, 11) is 0. The van der Waals surface area contributed by atoms with Crippen LogP contribution >= 0.6 is 0 Å². The minimum Gasteiger partial charge on any atom is -0.507 e. The molecule has 0 saturated heterocycles. The fraction of sp³-hybridized carbons (Fsp3) is 0.222. The molecule has 0 saturated carbocycles. The minimum atomic E-state index is -0.599. The Kier molecular flexibility index (Phi) is 7.53. The van der Waals surface area contributed by atoms with Crippen LogP contribution in [0.2, 0.25) is 0 Å². The third-order valence-electron chi connectivity index (χ3n) is 10.7. The molecule has 2 heterocycles. The number of nitrogens with zero attached hydrogens (tertiary/aromatic N) is 3. The highest BCUT2D eigenvalue weighted by Crippen LogP contribution is 2.43. The summed E-state index contributed by atoms with van der Waals surface area (Å²) in [5.41, 5.74) is 8.48. The average Bonchev–Trinajstić information content (AvgIpc) is 3.66. The van der Waals surface area contributed by atoms with Gasteiger partial charge in [-0.1, -0.05) is 153 Å². The van der Waals surface area contributed by atoms with E-state index in [1.807, 2.05) is 60.7 Å². The van der Waals surface area contributed by atoms with E-state index in [0.29, 0.717) is 22.5 Å². The molecule has 290 valence electrons. The van der Waals surface area contributed by atoms with Gasteiger partial charge in [0.05, 0.1) is 38.9 Å². The molecule has 0 unspecified atom stereocenters. The molecule has 0 aliphatic heterocycles. The molecule has 1 N–H and O–H groups in total. The number of phenols is 1. The molecule has 0 spiro atoms. The number of phenolic OH excluding ortho intramolecular Hbond substituents is 1. The SMILES string of the molecule is [2H]c1nc(-c2cc(-c3cccc4c3nc(-c3cc(C(C)(C)C)ccc3O)n4-c3ccc(C(C)(C)C)cc3-c3ccccc3)cc(C(C)(C)C)c2)c([2H])c(-c2c([2H])c([2H])c([2H])c([2H])c2[2H])c1[2H]. The Balaban J connectivity index is 1.46. The normalized spacial score (nSPS) is 14.2. The molecule has 58 heavy (non-hydrogen) atoms. The third kappa shape index (κ3) is 7.47. The van der Waals surface area contributed by atoms with Crippen LogP contribution in [0.1, 0.15) is 90.0 Å². The number of hydrogen-bond acceptors (Lipinski definition) is 3. The maximum atomic E-state index is 11.8. The van der Waals surface area contributed by atoms with Gasteiger partial charge < -0.3 is 5.11 Å². The van der Waals surface area contributed by atoms with Gasteiger partial charge in [0.15, 0.2) is 0 Å². The van der Waals surface area contributed by atoms with Crippen LogP contribution in [0.25, 0.3) is 72.7 Å². The Morgan fingerprint density at radius 2 is 1.19 bits per heavy atom. The quantitative estimate of drug-likeness (QED) is 0.183. The van der Waals surface area contributed by atoms with Crippen molar-refractivity contribution < 1.29 is 16.1 Å². The Morgan fingerprint density at radius 1 is 0.534 bits per heavy atom. The summed E-state index contributed by atoms with van der Waals surface area (Å²) in [5, 5.41) is 11.8. The van der Waals surface area contributed by atoms with Crippen molar-refractivity contribution in [1.29, 1.82) is 0 Å². The van der Waals surface area contributed by atoms with Gasteiger partial charge in [0, 0.05) is 22.9 Å². The van der Waals surface area contributed by atoms with Crippen molar-refractivity contribution in [2.24, 2.45) is 0 Å². The lowest BCUT2D eigenvalue weighted by atomic mass is 9.83. The number of rotatable bonds is 6. The topological polar surface area (TPSA) is 50.9 Å². The van der Waals surface area contributed by atoms with Crippen LogP contribution in [0.3, 0.4) is 0 Å². The standard InChI is InChI=1S/C54H53N3O/c1-52(2,3)40-23-25-47(44(33-40)36-19-14-11-15-20-36)57-48-22-16-21-43(50(48)56-51(57)45-34-41(53(4,5)6)24-26-49(45)58)38-29-39(31-42(30-38)54(7,8)9)46-32-37(27-28-55-46)35-17-12-10-13-18-35/h10-34,58H,1-9H3/i10D,12D,13D,17D,18D,27D,28D,32D. The summed E-state index contributed by atoms with van der Waals surface area (Å²) < 4.78 is 71.5. The second-order valence-corrected chi connectivity index (χ2v) is 18.0. The third-order valence-corrected chi connectivity index (χ3v) is 10.7. The van der Waals surface area contributed by atoms with Crippen LogP contribution in [-0.4, -0.2) is 19.6 Å². The number of fused-ring (bicyclic) bond motifs is 1. The molecule has 2 aromatic heterocycles. The van der Waals surface area contributed by atoms with Gasteiger partial charge in [0.25, 0.3) is 0 Å². The van der Waals surface area contributed by atoms with Crippen molar-refractivity contribution in [2.45, 2.75) is 78.6 Å². The van der Waals surface area contributed by atoms with E-state index in [1.165, 1.54) is 0 Å². The highest BCUT2D eigenvalue weighted by Gasteiger charge is 2.26. The van der Waals surface area contributed by atoms with Crippen molar-refractivity contribution in [2.75, 3.05) is 0 Å². The Labute approximate surface area is 355 Å². The summed E-state index contributed by atoms with van der Waals surface area (Å²) in [4.78, 5) is 9.92. The van der Waals surface area contributed by atoms with Gasteiger partial charge in [0.1, 0.15) is 11.6 Å². The molecular weight excluding hydrogens is 707 g/mol. The first-order valence-corrected chi connectivity index (χ1v) is 19.7. The molecule has 0 bridgehead atoms. The molecule has 8 rings (SSSR count). The zero-order valence-electron chi connectivity index (χ0n) is 42.6. The summed E-state index contributed by atoms with van der Waals surface area (Å²) in [5.74, 6) is 0.621. The smallest absolute Gasteiger partial charge is 0.149 e. The van der Waals surface area contributed by atoms with E-state index in [0.717, 1.165) is 50.1 Å². The number of hydrogen-bond donors (Lipinski definition) is 1. The van der Waals surface area contributed by atoms with Crippen LogP contribution in [0.5, 0.6) is 5.75 Å². The first-order valence-electron chi connectivity index (χ1n) is 23.7. The van der Waals surface area contributed by atoms with E-state index >= 15 is 0 Å². The summed E-state index contributed by atoms with van der Waals surface area (Å²) in [6.07, 6.45) is -0.500. The molecule has 0 fully saturated rings. The number of aromatic hydroxyl groups is 1. The molecule has 8 aromatic rings. The van der Waals surface area contributed by atoms with Gasteiger partial charge in [-0.3, -0.25) is 9.55 Å². The van der Waals surface area contributed by atoms with E-state index in [1.54, 1.807) is 6.07 Å². The fourth-order valence-corrected chi connectivity index (χ4v) is 7.29. The second kappa shape index (κ2) is 14.6. The van der Waals surface area contributed by atoms with Crippen LogP contribution in [0.4, 0.5) is 0 Å². The average molecular weight is 768 g/mol. The Bertz CT molecular complexity index is 3220. The molecule has 0 aliphatic carbocycles. The summed E-state index contributed by atoms with van der Waals surface area (Å²) in [6.45, 7) is 19.2. The molecule has 0 radical (unpaired) electrons. The maximum absolute atomic E-state index is 11.8. The van der Waals surface area contributed by atoms with Gasteiger partial charge in [-0.2, -0.15) is 0 Å². The van der Waals surface area contributed by atoms with Crippen molar-refractivity contribution in [1.82, 2.24) is 14.5 Å². The minimum absolute atomic E-state index is 0.0268. The molecule has 0 amide bonds. The van der Waals surface area contributed by atoms with Crippen LogP contribution in [0, 0.1) is 0 Å². The Morgan fingerprint density at radius 3 is 1.88 bits per heavy atom. The molecule has 0 aliphatic rings. The lowest BCUT2D eigenvalue weighted by molar-refractivity contribution is 0.475. The van der Waals surface area contributed by atoms with Gasteiger partial charge in [-0.05, 0) is 110 Å². The van der Waals surface area contributed by atoms with Gasteiger partial charge in [-0.15, -0.1) is 0 Å². The largest absolute Gasteiger partial charge is 0.507 e. The van der Waals surface area contributed by atoms with E-state index in [4.69, 9.17) is 14.6 Å². The lowest BCUT2D eigenvalue weighted by Crippen LogP contribution is -2.12. The molecule has 4 heteroatoms. The highest BCUT2D eigenvalue weighted by atomic mass is 16.3. The second-order valence-electron chi connectivity index (χ2n) is 18.0. The number of pyridine rings is 1. The number of para-hydroxylation sites is 1. The number of benzene rings is 6. The monoisotopic (exact) mass is 767 g/mol. The van der Waals surface area contributed by atoms with E-state index in [9.17, 15) is 6.48 Å². The van der Waals surface area contributed by atoms with E-state index in [2.05, 4.69) is 108 Å². The van der Waals surface area contributed by atoms with Crippen molar-refractivity contribution in [3.8, 4) is 67.5 Å². The molecular formula is C54H53N3O. The van der Waals surface area contributed by atoms with Crippen molar-refractivity contribution >= 4 is 11.0 Å². The highest BCUT2D eigenvalue weighted by molar-refractivity contribution is 5.97. The summed E-state index contributed by atoms with van der Waals surface area (Å²) >= 11 is 0. The predicted molar refractivity (Wildman–Crippen MR) is 244 cm³/mol. The molecule has 6 aromatic carbocycles. The van der Waals surface area contributed by atoms with E-state index < -0.39 is 47.8 Å². The maximum Gasteiger partial charge on any atom is 0.149 e. The van der Waals surface area contributed by atoms with Crippen molar-refractivity contribution in [3.05, 3.63) is 168 Å². The van der Waals surface area contributed by atoms with Gasteiger partial charge in [0.2, 0.25) is 0 Å². The zero-order valence-corrected chi connectivity index (χ0v) is 34.6. The van der Waals surface area contributed by atoms with E-state index in [-0.39, 0.29) is 39.4 Å². The first-order chi connectivity index (χ1) is 30.9. The lowest BCUT2D eigenvalue weighted by Gasteiger charge is -2.23. The number of imidazole rings is 1.